The number of halogens is 5. The van der Waals surface area contributed by atoms with E-state index < -0.39 is 18.0 Å². The van der Waals surface area contributed by atoms with Crippen LogP contribution >= 0.6 is 24.8 Å². The molecule has 1 atom stereocenters. The number of alkyl halides is 3. The van der Waals surface area contributed by atoms with Crippen LogP contribution in [0.4, 0.5) is 13.2 Å². The van der Waals surface area contributed by atoms with Crippen molar-refractivity contribution in [3.8, 4) is 0 Å². The molecule has 1 unspecified atom stereocenters. The van der Waals surface area contributed by atoms with Gasteiger partial charge in [0.1, 0.15) is 0 Å². The van der Waals surface area contributed by atoms with E-state index in [0.29, 0.717) is 30.7 Å². The predicted molar refractivity (Wildman–Crippen MR) is 107 cm³/mol. The number of benzene rings is 1. The molecular weight excluding hydrogens is 416 g/mol. The van der Waals surface area contributed by atoms with Crippen LogP contribution in [0, 0.1) is 5.41 Å². The highest BCUT2D eigenvalue weighted by atomic mass is 35.5. The highest BCUT2D eigenvalue weighted by Gasteiger charge is 2.39. The molecule has 3 rings (SSSR count). The quantitative estimate of drug-likeness (QED) is 0.773. The van der Waals surface area contributed by atoms with E-state index in [1.165, 1.54) is 6.07 Å². The lowest BCUT2D eigenvalue weighted by molar-refractivity contribution is -0.147. The van der Waals surface area contributed by atoms with Crippen LogP contribution in [0.3, 0.4) is 0 Å². The third kappa shape index (κ3) is 4.39. The van der Waals surface area contributed by atoms with Crippen LogP contribution in [-0.4, -0.2) is 40.0 Å². The van der Waals surface area contributed by atoms with Crippen molar-refractivity contribution in [1.82, 2.24) is 14.5 Å². The first-order chi connectivity index (χ1) is 12.1. The van der Waals surface area contributed by atoms with Crippen LogP contribution in [0.15, 0.2) is 18.2 Å². The fourth-order valence-corrected chi connectivity index (χ4v) is 3.50. The predicted octanol–water partition coefficient (Wildman–Crippen LogP) is 4.29. The second kappa shape index (κ2) is 8.47. The van der Waals surface area contributed by atoms with E-state index in [1.807, 2.05) is 6.92 Å². The Labute approximate surface area is 174 Å². The molecule has 0 saturated carbocycles. The van der Waals surface area contributed by atoms with Gasteiger partial charge in [0.2, 0.25) is 5.82 Å². The highest BCUT2D eigenvalue weighted by molar-refractivity contribution is 5.97. The number of hydrogen-bond acceptors (Lipinski definition) is 3. The summed E-state index contributed by atoms with van der Waals surface area (Å²) in [6, 6.07) is 4.16. The first-order valence-corrected chi connectivity index (χ1v) is 8.64. The molecule has 28 heavy (non-hydrogen) atoms. The second-order valence-electron chi connectivity index (χ2n) is 7.59. The molecule has 0 radical (unpaired) electrons. The normalized spacial score (nSPS) is 19.6. The van der Waals surface area contributed by atoms with Crippen LogP contribution in [0.25, 0.3) is 11.0 Å². The van der Waals surface area contributed by atoms with E-state index in [-0.39, 0.29) is 41.7 Å². The van der Waals surface area contributed by atoms with Gasteiger partial charge in [-0.25, -0.2) is 4.98 Å². The standard InChI is InChI=1S/C18H23F3N4O.2ClH/c1-11(2)25-14-5-4-12(8-13(14)23-16(25)18(19,20)21)15(26)24-7-6-17(3,9-22)10-24;;/h4-5,8,11H,6-7,9-10,22H2,1-3H3;2*1H. The van der Waals surface area contributed by atoms with Crippen molar-refractivity contribution in [1.29, 1.82) is 0 Å². The number of nitrogens with two attached hydrogens (primary N) is 1. The molecule has 1 fully saturated rings. The minimum absolute atomic E-state index is 0. The van der Waals surface area contributed by atoms with Gasteiger partial charge in [-0.05, 0) is 50.4 Å². The first kappa shape index (κ1) is 24.5. The summed E-state index contributed by atoms with van der Waals surface area (Å²) in [6.45, 7) is 7.01. The van der Waals surface area contributed by atoms with Crippen molar-refractivity contribution in [3.05, 3.63) is 29.6 Å². The molecule has 10 heteroatoms. The summed E-state index contributed by atoms with van der Waals surface area (Å²) in [5, 5.41) is 0. The summed E-state index contributed by atoms with van der Waals surface area (Å²) in [5.74, 6) is -1.14. The average Bonchev–Trinajstić information content (AvgIpc) is 3.15. The molecule has 0 spiro atoms. The van der Waals surface area contributed by atoms with Crippen LogP contribution in [-0.2, 0) is 6.18 Å². The number of aromatic nitrogens is 2. The molecule has 0 bridgehead atoms. The van der Waals surface area contributed by atoms with E-state index in [9.17, 15) is 18.0 Å². The largest absolute Gasteiger partial charge is 0.449 e. The topological polar surface area (TPSA) is 64.2 Å². The number of likely N-dealkylation sites (tertiary alicyclic amines) is 1. The van der Waals surface area contributed by atoms with Gasteiger partial charge >= 0.3 is 6.18 Å². The number of imidazole rings is 1. The number of fused-ring (bicyclic) bond motifs is 1. The highest BCUT2D eigenvalue weighted by Crippen LogP contribution is 2.34. The number of rotatable bonds is 3. The van der Waals surface area contributed by atoms with E-state index in [0.717, 1.165) is 11.0 Å². The van der Waals surface area contributed by atoms with Crippen LogP contribution in [0.1, 0.15) is 49.4 Å². The molecule has 1 aromatic carbocycles. The molecule has 158 valence electrons. The van der Waals surface area contributed by atoms with E-state index in [4.69, 9.17) is 5.73 Å². The molecule has 2 heterocycles. The maximum Gasteiger partial charge on any atom is 0.449 e. The summed E-state index contributed by atoms with van der Waals surface area (Å²) in [7, 11) is 0. The SMILES string of the molecule is CC(C)n1c(C(F)(F)F)nc2cc(C(=O)N3CCC(C)(CN)C3)ccc21.Cl.Cl. The smallest absolute Gasteiger partial charge is 0.338 e. The summed E-state index contributed by atoms with van der Waals surface area (Å²) in [6.07, 6.45) is -3.73. The van der Waals surface area contributed by atoms with E-state index in [1.54, 1.807) is 30.9 Å². The maximum absolute atomic E-state index is 13.3. The van der Waals surface area contributed by atoms with Gasteiger partial charge in [0.25, 0.3) is 5.91 Å². The zero-order valence-corrected chi connectivity index (χ0v) is 17.5. The number of hydrogen-bond donors (Lipinski definition) is 1. The van der Waals surface area contributed by atoms with Gasteiger partial charge in [-0.3, -0.25) is 4.79 Å². The van der Waals surface area contributed by atoms with Crippen molar-refractivity contribution in [2.45, 2.75) is 39.4 Å². The third-order valence-electron chi connectivity index (χ3n) is 5.04. The molecule has 0 aliphatic carbocycles. The fraction of sp³-hybridized carbons (Fsp3) is 0.556. The lowest BCUT2D eigenvalue weighted by Crippen LogP contribution is -2.34. The Hall–Kier alpha value is -1.51. The van der Waals surface area contributed by atoms with Gasteiger partial charge in [-0.15, -0.1) is 24.8 Å². The molecule has 1 saturated heterocycles. The number of carbonyl (C=O) groups excluding carboxylic acids is 1. The minimum Gasteiger partial charge on any atom is -0.338 e. The molecular formula is C18H25Cl2F3N4O. The zero-order valence-electron chi connectivity index (χ0n) is 15.9. The van der Waals surface area contributed by atoms with Crippen molar-refractivity contribution in [3.63, 3.8) is 0 Å². The van der Waals surface area contributed by atoms with Crippen molar-refractivity contribution in [2.75, 3.05) is 19.6 Å². The monoisotopic (exact) mass is 440 g/mol. The lowest BCUT2D eigenvalue weighted by atomic mass is 9.90. The number of carbonyl (C=O) groups is 1. The van der Waals surface area contributed by atoms with Crippen LogP contribution < -0.4 is 5.73 Å². The van der Waals surface area contributed by atoms with Gasteiger partial charge in [0.05, 0.1) is 11.0 Å². The summed E-state index contributed by atoms with van der Waals surface area (Å²) in [4.78, 5) is 18.2. The average molecular weight is 441 g/mol. The van der Waals surface area contributed by atoms with Gasteiger partial charge < -0.3 is 15.2 Å². The Kier molecular flexibility index (Phi) is 7.42. The molecule has 2 aromatic rings. The van der Waals surface area contributed by atoms with Crippen molar-refractivity contribution in [2.24, 2.45) is 11.1 Å². The first-order valence-electron chi connectivity index (χ1n) is 8.64. The number of nitrogens with zero attached hydrogens (tertiary/aromatic N) is 3. The Morgan fingerprint density at radius 1 is 1.32 bits per heavy atom. The second-order valence-corrected chi connectivity index (χ2v) is 7.59. The Morgan fingerprint density at radius 3 is 2.46 bits per heavy atom. The molecule has 1 aliphatic heterocycles. The van der Waals surface area contributed by atoms with Crippen molar-refractivity contribution >= 4 is 41.8 Å². The fourth-order valence-electron chi connectivity index (χ4n) is 3.50. The third-order valence-corrected chi connectivity index (χ3v) is 5.04. The van der Waals surface area contributed by atoms with E-state index >= 15 is 0 Å². The van der Waals surface area contributed by atoms with Crippen molar-refractivity contribution < 1.29 is 18.0 Å². The lowest BCUT2D eigenvalue weighted by Gasteiger charge is -2.22. The molecule has 1 aromatic heterocycles. The number of amides is 1. The minimum atomic E-state index is -4.55. The Balaban J connectivity index is 0.00000196. The van der Waals surface area contributed by atoms with Gasteiger partial charge in [0.15, 0.2) is 0 Å². The van der Waals surface area contributed by atoms with E-state index in [2.05, 4.69) is 4.98 Å². The zero-order chi connectivity index (χ0) is 19.3. The summed E-state index contributed by atoms with van der Waals surface area (Å²) < 4.78 is 41.1. The van der Waals surface area contributed by atoms with Gasteiger partial charge in [-0.1, -0.05) is 6.92 Å². The maximum atomic E-state index is 13.3. The molecule has 5 nitrogen and oxygen atoms in total. The molecule has 1 aliphatic rings. The summed E-state index contributed by atoms with van der Waals surface area (Å²) >= 11 is 0. The van der Waals surface area contributed by atoms with Gasteiger partial charge in [-0.2, -0.15) is 13.2 Å². The Bertz CT molecular complexity index is 853. The summed E-state index contributed by atoms with van der Waals surface area (Å²) in [5.41, 5.74) is 6.56. The molecule has 2 N–H and O–H groups in total. The Morgan fingerprint density at radius 2 is 1.96 bits per heavy atom. The van der Waals surface area contributed by atoms with Crippen LogP contribution in [0.5, 0.6) is 0 Å². The van der Waals surface area contributed by atoms with Gasteiger partial charge in [0, 0.05) is 24.7 Å². The molecule has 1 amide bonds. The van der Waals surface area contributed by atoms with Crippen LogP contribution in [0.2, 0.25) is 0 Å².